The molecule has 6 nitrogen and oxygen atoms in total. The molecule has 0 aromatic carbocycles. The Labute approximate surface area is 150 Å². The van der Waals surface area contributed by atoms with Crippen LogP contribution < -0.4 is 10.6 Å². The number of aromatic nitrogens is 1. The van der Waals surface area contributed by atoms with Crippen LogP contribution in [0.1, 0.15) is 6.42 Å². The maximum absolute atomic E-state index is 12.1. The number of halogens is 3. The molecule has 1 unspecified atom stereocenters. The number of hydrogen-bond acceptors (Lipinski definition) is 4. The first-order valence-corrected chi connectivity index (χ1v) is 7.22. The van der Waals surface area contributed by atoms with Gasteiger partial charge in [-0.15, -0.1) is 24.8 Å². The van der Waals surface area contributed by atoms with Crippen molar-refractivity contribution in [3.8, 4) is 0 Å². The molecule has 2 heterocycles. The molecule has 0 aliphatic carbocycles. The van der Waals surface area contributed by atoms with Crippen LogP contribution in [0.25, 0.3) is 0 Å². The Morgan fingerprint density at radius 2 is 2.18 bits per heavy atom. The zero-order valence-electron chi connectivity index (χ0n) is 12.0. The molecule has 0 radical (unpaired) electrons. The van der Waals surface area contributed by atoms with Gasteiger partial charge in [0.15, 0.2) is 0 Å². The average molecular weight is 414 g/mol. The van der Waals surface area contributed by atoms with E-state index in [1.807, 2.05) is 0 Å². The molecule has 124 valence electrons. The fourth-order valence-corrected chi connectivity index (χ4v) is 2.34. The van der Waals surface area contributed by atoms with Gasteiger partial charge in [-0.25, -0.2) is 4.98 Å². The summed E-state index contributed by atoms with van der Waals surface area (Å²) in [6.45, 7) is 1.59. The monoisotopic (exact) mass is 412 g/mol. The highest BCUT2D eigenvalue weighted by molar-refractivity contribution is 9.10. The van der Waals surface area contributed by atoms with Gasteiger partial charge in [-0.2, -0.15) is 0 Å². The Bertz CT molecular complexity index is 495. The van der Waals surface area contributed by atoms with E-state index in [4.69, 9.17) is 0 Å². The molecule has 0 saturated carbocycles. The molecular formula is C13H19BrCl2N4O2. The van der Waals surface area contributed by atoms with Crippen LogP contribution in [0.5, 0.6) is 0 Å². The number of hydrogen-bond donors (Lipinski definition) is 2. The topological polar surface area (TPSA) is 74.3 Å². The van der Waals surface area contributed by atoms with Crippen LogP contribution in [-0.4, -0.2) is 48.4 Å². The van der Waals surface area contributed by atoms with Crippen molar-refractivity contribution in [2.24, 2.45) is 5.92 Å². The molecule has 2 N–H and O–H groups in total. The molecule has 2 rings (SSSR count). The van der Waals surface area contributed by atoms with Gasteiger partial charge in [0.2, 0.25) is 11.8 Å². The van der Waals surface area contributed by atoms with Crippen molar-refractivity contribution < 1.29 is 9.59 Å². The van der Waals surface area contributed by atoms with Crippen molar-refractivity contribution in [2.45, 2.75) is 6.42 Å². The molecule has 22 heavy (non-hydrogen) atoms. The third kappa shape index (κ3) is 6.08. The maximum Gasteiger partial charge on any atom is 0.245 e. The molecule has 2 amide bonds. The maximum atomic E-state index is 12.1. The van der Waals surface area contributed by atoms with E-state index in [0.29, 0.717) is 12.4 Å². The number of carbonyl (C=O) groups is 2. The smallest absolute Gasteiger partial charge is 0.245 e. The van der Waals surface area contributed by atoms with Crippen LogP contribution in [-0.2, 0) is 9.59 Å². The SMILES string of the molecule is CN(CC(=O)Nc1ccc(Br)cn1)C(=O)C1CCNC1.Cl.Cl. The Morgan fingerprint density at radius 1 is 1.45 bits per heavy atom. The fraction of sp³-hybridized carbons (Fsp3) is 0.462. The molecule has 1 atom stereocenters. The number of amides is 2. The lowest BCUT2D eigenvalue weighted by atomic mass is 10.1. The first-order chi connectivity index (χ1) is 9.56. The van der Waals surface area contributed by atoms with Crippen molar-refractivity contribution in [2.75, 3.05) is 32.0 Å². The predicted octanol–water partition coefficient (Wildman–Crippen LogP) is 1.69. The minimum Gasteiger partial charge on any atom is -0.336 e. The van der Waals surface area contributed by atoms with Gasteiger partial charge in [-0.05, 0) is 41.0 Å². The molecule has 1 aromatic rings. The van der Waals surface area contributed by atoms with Gasteiger partial charge in [-0.3, -0.25) is 9.59 Å². The second kappa shape index (κ2) is 9.99. The lowest BCUT2D eigenvalue weighted by Crippen LogP contribution is -2.39. The molecule has 0 spiro atoms. The van der Waals surface area contributed by atoms with Crippen molar-refractivity contribution in [3.05, 3.63) is 22.8 Å². The Balaban J connectivity index is 0.00000220. The summed E-state index contributed by atoms with van der Waals surface area (Å²) in [5.74, 6) is 0.218. The summed E-state index contributed by atoms with van der Waals surface area (Å²) in [5.41, 5.74) is 0. The fourth-order valence-electron chi connectivity index (χ4n) is 2.10. The molecule has 0 bridgehead atoms. The van der Waals surface area contributed by atoms with E-state index in [9.17, 15) is 9.59 Å². The van der Waals surface area contributed by atoms with Crippen LogP contribution in [0.15, 0.2) is 22.8 Å². The third-order valence-corrected chi connectivity index (χ3v) is 3.63. The molecule has 1 aliphatic heterocycles. The number of pyridine rings is 1. The van der Waals surface area contributed by atoms with Gasteiger partial charge in [0, 0.05) is 24.3 Å². The first-order valence-electron chi connectivity index (χ1n) is 6.43. The van der Waals surface area contributed by atoms with E-state index in [-0.39, 0.29) is 49.1 Å². The molecule has 1 aromatic heterocycles. The van der Waals surface area contributed by atoms with Crippen molar-refractivity contribution in [1.29, 1.82) is 0 Å². The minimum atomic E-state index is -0.248. The number of nitrogens with one attached hydrogen (secondary N) is 2. The summed E-state index contributed by atoms with van der Waals surface area (Å²) in [5, 5.41) is 5.81. The number of likely N-dealkylation sites (N-methyl/N-ethyl adjacent to an activating group) is 1. The zero-order valence-corrected chi connectivity index (χ0v) is 15.3. The Morgan fingerprint density at radius 3 is 2.73 bits per heavy atom. The predicted molar refractivity (Wildman–Crippen MR) is 93.7 cm³/mol. The molecule has 1 fully saturated rings. The van der Waals surface area contributed by atoms with E-state index >= 15 is 0 Å². The molecule has 1 aliphatic rings. The second-order valence-corrected chi connectivity index (χ2v) is 5.71. The number of nitrogens with zero attached hydrogens (tertiary/aromatic N) is 2. The Hall–Kier alpha value is -0.890. The molecule has 9 heteroatoms. The van der Waals surface area contributed by atoms with E-state index in [1.165, 1.54) is 4.90 Å². The van der Waals surface area contributed by atoms with Crippen LogP contribution in [0.4, 0.5) is 5.82 Å². The van der Waals surface area contributed by atoms with E-state index < -0.39 is 0 Å². The largest absolute Gasteiger partial charge is 0.336 e. The van der Waals surface area contributed by atoms with Gasteiger partial charge in [0.25, 0.3) is 0 Å². The number of rotatable bonds is 4. The molecule has 1 saturated heterocycles. The third-order valence-electron chi connectivity index (χ3n) is 3.16. The summed E-state index contributed by atoms with van der Waals surface area (Å²) in [6.07, 6.45) is 2.44. The van der Waals surface area contributed by atoms with E-state index in [2.05, 4.69) is 31.5 Å². The van der Waals surface area contributed by atoms with Crippen LogP contribution >= 0.6 is 40.7 Å². The summed E-state index contributed by atoms with van der Waals surface area (Å²) < 4.78 is 0.844. The molecular weight excluding hydrogens is 395 g/mol. The van der Waals surface area contributed by atoms with Crippen molar-refractivity contribution in [3.63, 3.8) is 0 Å². The minimum absolute atomic E-state index is 0. The lowest BCUT2D eigenvalue weighted by Gasteiger charge is -2.19. The van der Waals surface area contributed by atoms with Crippen molar-refractivity contribution in [1.82, 2.24) is 15.2 Å². The zero-order chi connectivity index (χ0) is 14.5. The van der Waals surface area contributed by atoms with Gasteiger partial charge in [0.05, 0.1) is 12.5 Å². The van der Waals surface area contributed by atoms with Gasteiger partial charge >= 0.3 is 0 Å². The number of anilines is 1. The highest BCUT2D eigenvalue weighted by atomic mass is 79.9. The van der Waals surface area contributed by atoms with E-state index in [0.717, 1.165) is 17.4 Å². The highest BCUT2D eigenvalue weighted by Gasteiger charge is 2.26. The van der Waals surface area contributed by atoms with Crippen LogP contribution in [0.2, 0.25) is 0 Å². The summed E-state index contributed by atoms with van der Waals surface area (Å²) >= 11 is 3.27. The average Bonchev–Trinajstić information content (AvgIpc) is 2.94. The quantitative estimate of drug-likeness (QED) is 0.787. The summed E-state index contributed by atoms with van der Waals surface area (Å²) in [7, 11) is 1.65. The highest BCUT2D eigenvalue weighted by Crippen LogP contribution is 2.12. The van der Waals surface area contributed by atoms with Gasteiger partial charge in [0.1, 0.15) is 5.82 Å². The van der Waals surface area contributed by atoms with Crippen molar-refractivity contribution >= 4 is 58.4 Å². The van der Waals surface area contributed by atoms with Crippen LogP contribution in [0.3, 0.4) is 0 Å². The number of carbonyl (C=O) groups excluding carboxylic acids is 2. The first kappa shape index (κ1) is 21.1. The lowest BCUT2D eigenvalue weighted by molar-refractivity contribution is -0.136. The second-order valence-electron chi connectivity index (χ2n) is 4.79. The standard InChI is InChI=1S/C13H17BrN4O2.2ClH/c1-18(13(20)9-4-5-15-6-9)8-12(19)17-11-3-2-10(14)7-16-11;;/h2-3,7,9,15H,4-6,8H2,1H3,(H,16,17,19);2*1H. The van der Waals surface area contributed by atoms with Crippen LogP contribution in [0, 0.1) is 5.92 Å². The Kier molecular flexibility index (Phi) is 9.59. The van der Waals surface area contributed by atoms with Gasteiger partial charge < -0.3 is 15.5 Å². The normalized spacial score (nSPS) is 16.2. The van der Waals surface area contributed by atoms with E-state index in [1.54, 1.807) is 25.4 Å². The van der Waals surface area contributed by atoms with Gasteiger partial charge in [-0.1, -0.05) is 0 Å². The summed E-state index contributed by atoms with van der Waals surface area (Å²) in [6, 6.07) is 3.49. The summed E-state index contributed by atoms with van der Waals surface area (Å²) in [4.78, 5) is 29.4.